The molecule has 2 atom stereocenters. The van der Waals surface area contributed by atoms with Crippen LogP contribution < -0.4 is 5.32 Å². The highest BCUT2D eigenvalue weighted by molar-refractivity contribution is 7.80. The summed E-state index contributed by atoms with van der Waals surface area (Å²) in [5.74, 6) is 1.22. The van der Waals surface area contributed by atoms with Crippen molar-refractivity contribution in [3.8, 4) is 0 Å². The van der Waals surface area contributed by atoms with Gasteiger partial charge in [-0.05, 0) is 43.9 Å². The van der Waals surface area contributed by atoms with Crippen LogP contribution in [0.15, 0.2) is 0 Å². The van der Waals surface area contributed by atoms with Crippen molar-refractivity contribution in [1.82, 2.24) is 5.32 Å². The predicted octanol–water partition coefficient (Wildman–Crippen LogP) is 1.14. The summed E-state index contributed by atoms with van der Waals surface area (Å²) in [6.07, 6.45) is 4.15. The van der Waals surface area contributed by atoms with Crippen LogP contribution in [0.3, 0.4) is 0 Å². The first-order valence-electron chi connectivity index (χ1n) is 6.61. The third-order valence-corrected chi connectivity index (χ3v) is 7.84. The summed E-state index contributed by atoms with van der Waals surface area (Å²) in [6.45, 7) is 0.535. The summed E-state index contributed by atoms with van der Waals surface area (Å²) in [7, 11) is -9.69. The maximum Gasteiger partial charge on any atom is 0.342 e. The van der Waals surface area contributed by atoms with Crippen LogP contribution in [0.25, 0.3) is 0 Å². The Balaban J connectivity index is 2.58. The molecular weight excluding hydrogens is 324 g/mol. The van der Waals surface area contributed by atoms with E-state index in [2.05, 4.69) is 17.9 Å². The van der Waals surface area contributed by atoms with Gasteiger partial charge in [0.25, 0.3) is 0 Å². The van der Waals surface area contributed by atoms with Gasteiger partial charge in [-0.3, -0.25) is 9.13 Å². The average molecular weight is 347 g/mol. The van der Waals surface area contributed by atoms with Crippen molar-refractivity contribution in [3.05, 3.63) is 0 Å². The van der Waals surface area contributed by atoms with Crippen LogP contribution in [0.4, 0.5) is 0 Å². The van der Waals surface area contributed by atoms with Gasteiger partial charge in [-0.2, -0.15) is 12.6 Å². The molecule has 0 bridgehead atoms. The second-order valence-electron chi connectivity index (χ2n) is 5.27. The van der Waals surface area contributed by atoms with E-state index in [0.29, 0.717) is 18.9 Å². The Morgan fingerprint density at radius 3 is 2.10 bits per heavy atom. The fraction of sp³-hybridized carbons (Fsp3) is 1.00. The number of unbranched alkanes of at least 4 members (excludes halogenated alkanes) is 1. The molecule has 1 fully saturated rings. The van der Waals surface area contributed by atoms with Crippen molar-refractivity contribution in [2.45, 2.75) is 43.5 Å². The predicted molar refractivity (Wildman–Crippen MR) is 80.1 cm³/mol. The molecule has 1 heterocycles. The number of nitrogens with one attached hydrogen (secondary N) is 1. The molecule has 1 rings (SSSR count). The molecule has 2 unspecified atom stereocenters. The molecule has 20 heavy (non-hydrogen) atoms. The molecule has 0 aromatic carbocycles. The molecule has 0 aliphatic carbocycles. The first kappa shape index (κ1) is 18.7. The zero-order chi connectivity index (χ0) is 15.4. The minimum atomic E-state index is -4.85. The fourth-order valence-electron chi connectivity index (χ4n) is 2.65. The molecule has 0 spiro atoms. The van der Waals surface area contributed by atoms with E-state index in [-0.39, 0.29) is 0 Å². The monoisotopic (exact) mass is 347 g/mol. The Hall–Kier alpha value is 0.610. The number of hydrogen-bond acceptors (Lipinski definition) is 4. The Bertz CT molecular complexity index is 367. The van der Waals surface area contributed by atoms with Gasteiger partial charge in [-0.1, -0.05) is 6.42 Å². The molecule has 0 saturated carbocycles. The van der Waals surface area contributed by atoms with Gasteiger partial charge in [0.05, 0.1) is 0 Å². The van der Waals surface area contributed by atoms with Gasteiger partial charge in [0.2, 0.25) is 0 Å². The fourth-order valence-corrected chi connectivity index (χ4v) is 5.89. The summed E-state index contributed by atoms with van der Waals surface area (Å²) in [4.78, 5) is 36.7. The van der Waals surface area contributed by atoms with E-state index in [0.717, 1.165) is 31.4 Å². The Morgan fingerprint density at radius 1 is 1.10 bits per heavy atom. The van der Waals surface area contributed by atoms with Crippen LogP contribution in [-0.4, -0.2) is 43.3 Å². The van der Waals surface area contributed by atoms with Crippen molar-refractivity contribution >= 4 is 27.8 Å². The van der Waals surface area contributed by atoms with Gasteiger partial charge in [0.15, 0.2) is 5.40 Å². The molecule has 1 aliphatic rings. The second kappa shape index (κ2) is 7.75. The molecule has 7 nitrogen and oxygen atoms in total. The first-order valence-corrected chi connectivity index (χ1v) is 10.6. The van der Waals surface area contributed by atoms with Crippen molar-refractivity contribution in [2.24, 2.45) is 5.92 Å². The smallest absolute Gasteiger partial charge is 0.324 e. The largest absolute Gasteiger partial charge is 0.342 e. The van der Waals surface area contributed by atoms with E-state index in [1.807, 2.05) is 0 Å². The quantitative estimate of drug-likeness (QED) is 0.232. The lowest BCUT2D eigenvalue weighted by Crippen LogP contribution is -2.45. The highest BCUT2D eigenvalue weighted by atomic mass is 32.1. The van der Waals surface area contributed by atoms with E-state index >= 15 is 0 Å². The summed E-state index contributed by atoms with van der Waals surface area (Å²) in [5.41, 5.74) is 0. The minimum Gasteiger partial charge on any atom is -0.324 e. The zero-order valence-electron chi connectivity index (χ0n) is 11.1. The summed E-state index contributed by atoms with van der Waals surface area (Å²) < 4.78 is 22.6. The van der Waals surface area contributed by atoms with Crippen molar-refractivity contribution in [3.63, 3.8) is 0 Å². The van der Waals surface area contributed by atoms with Gasteiger partial charge in [0, 0.05) is 6.04 Å². The molecular formula is C10H23NO6P2S. The molecule has 5 N–H and O–H groups in total. The SMILES string of the molecule is O=P(O)(O)C(C1CCC(CCCCS)CN1)P(=O)(O)O. The number of piperidine rings is 1. The Labute approximate surface area is 124 Å². The zero-order valence-corrected chi connectivity index (χ0v) is 13.8. The number of hydrogen-bond donors (Lipinski definition) is 6. The maximum atomic E-state index is 11.3. The van der Waals surface area contributed by atoms with E-state index in [1.54, 1.807) is 0 Å². The molecule has 1 aliphatic heterocycles. The van der Waals surface area contributed by atoms with Crippen LogP contribution >= 0.6 is 27.8 Å². The highest BCUT2D eigenvalue weighted by Gasteiger charge is 2.49. The van der Waals surface area contributed by atoms with Crippen LogP contribution in [0.1, 0.15) is 32.1 Å². The molecule has 1 saturated heterocycles. The van der Waals surface area contributed by atoms with Crippen LogP contribution in [0, 0.1) is 5.92 Å². The van der Waals surface area contributed by atoms with Crippen LogP contribution in [0.2, 0.25) is 0 Å². The van der Waals surface area contributed by atoms with Crippen LogP contribution in [0.5, 0.6) is 0 Å². The lowest BCUT2D eigenvalue weighted by atomic mass is 9.91. The second-order valence-corrected chi connectivity index (χ2v) is 9.59. The summed E-state index contributed by atoms with van der Waals surface area (Å²) in [6, 6.07) is -0.835. The molecule has 10 heteroatoms. The normalized spacial score (nSPS) is 25.1. The summed E-state index contributed by atoms with van der Waals surface area (Å²) in [5, 5.41) is 0.969. The van der Waals surface area contributed by atoms with E-state index in [1.165, 1.54) is 0 Å². The topological polar surface area (TPSA) is 127 Å². The summed E-state index contributed by atoms with van der Waals surface area (Å²) >= 11 is 4.13. The third-order valence-electron chi connectivity index (χ3n) is 3.62. The van der Waals surface area contributed by atoms with Gasteiger partial charge in [-0.15, -0.1) is 0 Å². The first-order chi connectivity index (χ1) is 9.16. The van der Waals surface area contributed by atoms with E-state index < -0.39 is 26.6 Å². The van der Waals surface area contributed by atoms with Crippen molar-refractivity contribution in [2.75, 3.05) is 12.3 Å². The molecule has 0 radical (unpaired) electrons. The van der Waals surface area contributed by atoms with Gasteiger partial charge in [0.1, 0.15) is 0 Å². The molecule has 0 aromatic heterocycles. The number of rotatable bonds is 7. The lowest BCUT2D eigenvalue weighted by molar-refractivity contribution is 0.267. The highest BCUT2D eigenvalue weighted by Crippen LogP contribution is 2.62. The minimum absolute atomic E-state index is 0.367. The lowest BCUT2D eigenvalue weighted by Gasteiger charge is -2.35. The third kappa shape index (κ3) is 5.78. The average Bonchev–Trinajstić information content (AvgIpc) is 2.28. The number of thiol groups is 1. The molecule has 120 valence electrons. The van der Waals surface area contributed by atoms with Gasteiger partial charge >= 0.3 is 15.2 Å². The molecule has 0 amide bonds. The standard InChI is InChI=1S/C10H23NO6P2S/c12-18(13,14)10(19(15,16)17)9-5-4-8(7-11-9)3-1-2-6-20/h8-11,20H,1-7H2,(H2,12,13,14)(H2,15,16,17). The van der Waals surface area contributed by atoms with E-state index in [4.69, 9.17) is 0 Å². The Morgan fingerprint density at radius 2 is 1.70 bits per heavy atom. The molecule has 0 aromatic rings. The maximum absolute atomic E-state index is 11.3. The van der Waals surface area contributed by atoms with E-state index in [9.17, 15) is 28.7 Å². The van der Waals surface area contributed by atoms with Crippen molar-refractivity contribution in [1.29, 1.82) is 0 Å². The van der Waals surface area contributed by atoms with Crippen molar-refractivity contribution < 1.29 is 28.7 Å². The van der Waals surface area contributed by atoms with Gasteiger partial charge in [-0.25, -0.2) is 0 Å². The Kier molecular flexibility index (Phi) is 7.23. The van der Waals surface area contributed by atoms with Gasteiger partial charge < -0.3 is 24.9 Å². The van der Waals surface area contributed by atoms with Crippen LogP contribution in [-0.2, 0) is 9.13 Å².